The van der Waals surface area contributed by atoms with Gasteiger partial charge in [-0.15, -0.1) is 0 Å². The van der Waals surface area contributed by atoms with E-state index in [9.17, 15) is 5.11 Å². The van der Waals surface area contributed by atoms with E-state index in [4.69, 9.17) is 18.9 Å². The fraction of sp³-hybridized carbons (Fsp3) is 0.750. The highest BCUT2D eigenvalue weighted by Gasteiger charge is 2.64. The first-order valence-electron chi connectivity index (χ1n) is 14.7. The minimum Gasteiger partial charge on any atom is -0.454 e. The highest BCUT2D eigenvalue weighted by molar-refractivity contribution is 5.50. The van der Waals surface area contributed by atoms with Crippen LogP contribution in [0.5, 0.6) is 11.5 Å². The molecule has 1 N–H and O–H groups in total. The second-order valence-corrected chi connectivity index (χ2v) is 13.6. The van der Waals surface area contributed by atoms with Crippen molar-refractivity contribution in [3.63, 3.8) is 0 Å². The summed E-state index contributed by atoms with van der Waals surface area (Å²) in [6.07, 6.45) is 10.3. The maximum absolute atomic E-state index is 11.6. The molecule has 1 aromatic carbocycles. The Morgan fingerprint density at radius 1 is 0.838 bits per heavy atom. The molecule has 4 aliphatic carbocycles. The Labute approximate surface area is 221 Å². The van der Waals surface area contributed by atoms with Crippen LogP contribution < -0.4 is 9.47 Å². The fourth-order valence-corrected chi connectivity index (χ4v) is 10.1. The van der Waals surface area contributed by atoms with Crippen molar-refractivity contribution in [3.05, 3.63) is 23.8 Å². The zero-order chi connectivity index (χ0) is 25.5. The lowest BCUT2D eigenvalue weighted by Crippen LogP contribution is -2.57. The van der Waals surface area contributed by atoms with Crippen molar-refractivity contribution in [1.29, 1.82) is 0 Å². The standard InChI is InChI=1S/C32H42O5/c1-29-14-15-32(33,13-10-21-4-8-26-27(18-21)35-20-34-26)19-22(29)5-6-23-24-7-9-28(31(3)36-16-17-37-31)30(24,2)12-11-25(23)29/h4,8,18,22-25,28,33H,5-7,9,11-12,14-17,19-20H2,1-3H3/t22-,23+,24+,25+,28+,29+,30+,32-/m1/s1. The Morgan fingerprint density at radius 3 is 2.46 bits per heavy atom. The van der Waals surface area contributed by atoms with Crippen molar-refractivity contribution in [3.8, 4) is 23.3 Å². The Balaban J connectivity index is 1.08. The Bertz CT molecular complexity index is 1130. The van der Waals surface area contributed by atoms with Gasteiger partial charge < -0.3 is 24.1 Å². The molecule has 5 heteroatoms. The summed E-state index contributed by atoms with van der Waals surface area (Å²) in [6.45, 7) is 9.05. The first kappa shape index (κ1) is 24.3. The monoisotopic (exact) mass is 506 g/mol. The van der Waals surface area contributed by atoms with Gasteiger partial charge in [-0.3, -0.25) is 0 Å². The van der Waals surface area contributed by atoms with E-state index in [1.54, 1.807) is 0 Å². The van der Waals surface area contributed by atoms with Crippen molar-refractivity contribution in [2.45, 2.75) is 89.9 Å². The van der Waals surface area contributed by atoms with Crippen LogP contribution >= 0.6 is 0 Å². The molecule has 0 spiro atoms. The fourth-order valence-electron chi connectivity index (χ4n) is 10.1. The van der Waals surface area contributed by atoms with Crippen LogP contribution in [0.15, 0.2) is 18.2 Å². The number of hydrogen-bond acceptors (Lipinski definition) is 5. The highest BCUT2D eigenvalue weighted by atomic mass is 16.7. The number of rotatable bonds is 1. The lowest BCUT2D eigenvalue weighted by atomic mass is 9.43. The molecule has 0 aromatic heterocycles. The van der Waals surface area contributed by atoms with E-state index in [2.05, 4.69) is 32.6 Å². The molecule has 2 heterocycles. The summed E-state index contributed by atoms with van der Waals surface area (Å²) in [5.74, 6) is 11.0. The van der Waals surface area contributed by atoms with Gasteiger partial charge in [0, 0.05) is 11.5 Å². The lowest BCUT2D eigenvalue weighted by Gasteiger charge is -2.62. The Hall–Kier alpha value is -1.74. The summed E-state index contributed by atoms with van der Waals surface area (Å²) in [5.41, 5.74) is 0.593. The smallest absolute Gasteiger partial charge is 0.231 e. The maximum Gasteiger partial charge on any atom is 0.231 e. The van der Waals surface area contributed by atoms with Gasteiger partial charge in [0.15, 0.2) is 17.3 Å². The van der Waals surface area contributed by atoms with Crippen molar-refractivity contribution in [2.24, 2.45) is 40.4 Å². The van der Waals surface area contributed by atoms with E-state index in [1.807, 2.05) is 18.2 Å². The molecule has 5 nitrogen and oxygen atoms in total. The van der Waals surface area contributed by atoms with Crippen LogP contribution in [-0.4, -0.2) is 36.5 Å². The molecule has 0 radical (unpaired) electrons. The number of ether oxygens (including phenoxy) is 4. The minimum absolute atomic E-state index is 0.264. The van der Waals surface area contributed by atoms with E-state index in [0.29, 0.717) is 22.7 Å². The predicted octanol–water partition coefficient (Wildman–Crippen LogP) is 5.92. The molecule has 0 unspecified atom stereocenters. The van der Waals surface area contributed by atoms with Crippen molar-refractivity contribution < 1.29 is 24.1 Å². The molecule has 8 atom stereocenters. The molecule has 1 saturated heterocycles. The zero-order valence-corrected chi connectivity index (χ0v) is 22.7. The van der Waals surface area contributed by atoms with Crippen LogP contribution in [0.1, 0.15) is 84.1 Å². The number of benzene rings is 1. The second kappa shape index (κ2) is 8.38. The minimum atomic E-state index is -0.902. The molecule has 5 fully saturated rings. The molecule has 2 aliphatic heterocycles. The number of hydrogen-bond donors (Lipinski definition) is 1. The van der Waals surface area contributed by atoms with E-state index in [0.717, 1.165) is 67.3 Å². The van der Waals surface area contributed by atoms with Crippen molar-refractivity contribution in [2.75, 3.05) is 20.0 Å². The average molecular weight is 507 g/mol. The predicted molar refractivity (Wildman–Crippen MR) is 140 cm³/mol. The van der Waals surface area contributed by atoms with Crippen molar-refractivity contribution >= 4 is 0 Å². The van der Waals surface area contributed by atoms with Gasteiger partial charge in [-0.2, -0.15) is 0 Å². The van der Waals surface area contributed by atoms with Crippen molar-refractivity contribution in [1.82, 2.24) is 0 Å². The van der Waals surface area contributed by atoms with Crippen LogP contribution in [0.4, 0.5) is 0 Å². The molecule has 0 bridgehead atoms. The molecule has 7 rings (SSSR count). The topological polar surface area (TPSA) is 57.2 Å². The third-order valence-corrected chi connectivity index (χ3v) is 12.0. The third-order valence-electron chi connectivity index (χ3n) is 12.0. The molecule has 200 valence electrons. The first-order chi connectivity index (χ1) is 17.7. The van der Waals surface area contributed by atoms with Gasteiger partial charge in [-0.05, 0) is 117 Å². The number of aliphatic hydroxyl groups is 1. The normalized spacial score (nSPS) is 45.4. The van der Waals surface area contributed by atoms with E-state index in [1.165, 1.54) is 38.5 Å². The molecule has 1 aromatic rings. The summed E-state index contributed by atoms with van der Waals surface area (Å²) in [5, 5.41) is 11.6. The second-order valence-electron chi connectivity index (χ2n) is 13.6. The van der Waals surface area contributed by atoms with Gasteiger partial charge in [-0.25, -0.2) is 0 Å². The van der Waals surface area contributed by atoms with Gasteiger partial charge in [-0.1, -0.05) is 25.7 Å². The average Bonchev–Trinajstić information content (AvgIpc) is 3.61. The van der Waals surface area contributed by atoms with E-state index >= 15 is 0 Å². The molecule has 6 aliphatic rings. The highest BCUT2D eigenvalue weighted by Crippen LogP contribution is 2.69. The van der Waals surface area contributed by atoms with Crippen LogP contribution in [0, 0.1) is 52.3 Å². The molecule has 37 heavy (non-hydrogen) atoms. The van der Waals surface area contributed by atoms with E-state index < -0.39 is 11.4 Å². The summed E-state index contributed by atoms with van der Waals surface area (Å²) >= 11 is 0. The summed E-state index contributed by atoms with van der Waals surface area (Å²) < 4.78 is 23.3. The lowest BCUT2D eigenvalue weighted by molar-refractivity contribution is -0.219. The van der Waals surface area contributed by atoms with Gasteiger partial charge in [0.2, 0.25) is 6.79 Å². The maximum atomic E-state index is 11.6. The van der Waals surface area contributed by atoms with Crippen LogP contribution in [0.2, 0.25) is 0 Å². The quantitative estimate of drug-likeness (QED) is 0.479. The third kappa shape index (κ3) is 3.69. The zero-order valence-electron chi connectivity index (χ0n) is 22.7. The van der Waals surface area contributed by atoms with Gasteiger partial charge in [0.25, 0.3) is 0 Å². The Kier molecular flexibility index (Phi) is 5.50. The molecular weight excluding hydrogens is 464 g/mol. The summed E-state index contributed by atoms with van der Waals surface area (Å²) in [7, 11) is 0. The largest absolute Gasteiger partial charge is 0.454 e. The van der Waals surface area contributed by atoms with Crippen LogP contribution in [0.25, 0.3) is 0 Å². The first-order valence-corrected chi connectivity index (χ1v) is 14.7. The van der Waals surface area contributed by atoms with Gasteiger partial charge >= 0.3 is 0 Å². The van der Waals surface area contributed by atoms with Gasteiger partial charge in [0.05, 0.1) is 13.2 Å². The SMILES string of the molecule is CC1([C@H]2CC[C@H]3[C@@H]4CC[C@@H]5C[C@@](O)(C#Cc6ccc7c(c6)OCO7)CC[C@]5(C)[C@H]4CC[C@]23C)OCCO1. The van der Waals surface area contributed by atoms with Gasteiger partial charge in [0.1, 0.15) is 5.60 Å². The molecule has 4 saturated carbocycles. The number of fused-ring (bicyclic) bond motifs is 6. The summed E-state index contributed by atoms with van der Waals surface area (Å²) in [4.78, 5) is 0. The molecular formula is C32H42O5. The summed E-state index contributed by atoms with van der Waals surface area (Å²) in [6, 6.07) is 5.79. The Morgan fingerprint density at radius 2 is 1.62 bits per heavy atom. The molecule has 0 amide bonds. The van der Waals surface area contributed by atoms with Crippen LogP contribution in [-0.2, 0) is 9.47 Å². The van der Waals surface area contributed by atoms with Crippen LogP contribution in [0.3, 0.4) is 0 Å². The van der Waals surface area contributed by atoms with E-state index in [-0.39, 0.29) is 6.79 Å².